The summed E-state index contributed by atoms with van der Waals surface area (Å²) in [7, 11) is 4.39. The maximum Gasteiger partial charge on any atom is 0.260 e. The minimum absolute atomic E-state index is 0.0497. The molecule has 1 aromatic rings. The lowest BCUT2D eigenvalue weighted by atomic mass is 9.46. The molecule has 24 heavy (non-hydrogen) atoms. The third-order valence-electron chi connectivity index (χ3n) is 6.80. The molecule has 6 rings (SSSR count). The van der Waals surface area contributed by atoms with Gasteiger partial charge in [-0.25, -0.2) is 4.89 Å². The highest BCUT2D eigenvalue weighted by Crippen LogP contribution is 2.71. The number of methoxy groups -OCH3 is 1. The van der Waals surface area contributed by atoms with Crippen molar-refractivity contribution >= 4 is 37.7 Å². The van der Waals surface area contributed by atoms with E-state index in [1.807, 2.05) is 18.2 Å². The maximum absolute atomic E-state index is 6.91. The number of hydrogen-bond acceptors (Lipinski definition) is 3. The van der Waals surface area contributed by atoms with E-state index in [2.05, 4.69) is 9.24 Å². The normalized spacial score (nSPS) is 48.8. The van der Waals surface area contributed by atoms with Crippen LogP contribution in [-0.4, -0.2) is 17.6 Å². The van der Waals surface area contributed by atoms with Crippen molar-refractivity contribution in [1.82, 2.24) is 0 Å². The van der Waals surface area contributed by atoms with Crippen LogP contribution in [0.1, 0.15) is 37.7 Å². The van der Waals surface area contributed by atoms with E-state index in [1.54, 1.807) is 7.11 Å². The zero-order chi connectivity index (χ0) is 16.7. The molecule has 4 atom stereocenters. The van der Waals surface area contributed by atoms with Crippen LogP contribution in [0.15, 0.2) is 18.2 Å². The first kappa shape index (κ1) is 16.3. The van der Waals surface area contributed by atoms with Crippen LogP contribution in [0.2, 0.25) is 5.02 Å². The zero-order valence-electron chi connectivity index (χ0n) is 13.6. The van der Waals surface area contributed by atoms with Gasteiger partial charge in [0, 0.05) is 22.6 Å². The van der Waals surface area contributed by atoms with Gasteiger partial charge in [0.05, 0.1) is 0 Å². The van der Waals surface area contributed by atoms with Gasteiger partial charge >= 0.3 is 0 Å². The van der Waals surface area contributed by atoms with Gasteiger partial charge < -0.3 is 4.74 Å². The molecule has 0 N–H and O–H groups in total. The quantitative estimate of drug-likeness (QED) is 0.433. The van der Waals surface area contributed by atoms with E-state index in [0.29, 0.717) is 22.8 Å². The second kappa shape index (κ2) is 5.09. The molecule has 6 heteroatoms. The predicted octanol–water partition coefficient (Wildman–Crippen LogP) is 4.16. The Hall–Kier alpha value is 0.110. The molecule has 4 saturated carbocycles. The zero-order valence-corrected chi connectivity index (χ0v) is 16.2. The van der Waals surface area contributed by atoms with Crippen LogP contribution in [0, 0.1) is 17.8 Å². The number of benzene rings is 1. The number of alkyl halides is 1. The molecular weight excluding hydrogens is 366 g/mol. The Balaban J connectivity index is 1.62. The number of rotatable bonds is 2. The third-order valence-corrected chi connectivity index (χ3v) is 8.27. The Morgan fingerprint density at radius 1 is 1.17 bits per heavy atom. The van der Waals surface area contributed by atoms with Crippen LogP contribution in [0.5, 0.6) is 0 Å². The van der Waals surface area contributed by atoms with E-state index in [0.717, 1.165) is 43.0 Å². The average Bonchev–Trinajstić information content (AvgIpc) is 2.49. The highest BCUT2D eigenvalue weighted by molar-refractivity contribution is 7.28. The second-order valence-electron chi connectivity index (χ2n) is 8.01. The fraction of sp³-hybridized carbons (Fsp3) is 0.667. The van der Waals surface area contributed by atoms with Crippen molar-refractivity contribution in [1.29, 1.82) is 0 Å². The first-order valence-electron chi connectivity index (χ1n) is 8.59. The first-order chi connectivity index (χ1) is 11.4. The second-order valence-corrected chi connectivity index (χ2v) is 9.84. The summed E-state index contributed by atoms with van der Waals surface area (Å²) in [5.41, 5.74) is 0.545. The Labute approximate surface area is 154 Å². The Kier molecular flexibility index (Phi) is 3.46. The third kappa shape index (κ3) is 1.84. The topological polar surface area (TPSA) is 27.7 Å². The molecule has 3 nitrogen and oxygen atoms in total. The Morgan fingerprint density at radius 3 is 2.38 bits per heavy atom. The van der Waals surface area contributed by atoms with Gasteiger partial charge in [0.15, 0.2) is 5.60 Å². The van der Waals surface area contributed by atoms with Gasteiger partial charge in [-0.1, -0.05) is 17.7 Å². The number of hydrogen-bond donors (Lipinski definition) is 0. The van der Waals surface area contributed by atoms with Gasteiger partial charge in [-0.05, 0) is 67.3 Å². The van der Waals surface area contributed by atoms with Crippen molar-refractivity contribution in [2.75, 3.05) is 7.11 Å². The first-order valence-corrected chi connectivity index (χ1v) is 9.92. The van der Waals surface area contributed by atoms with Gasteiger partial charge in [0.1, 0.15) is 0 Å². The summed E-state index contributed by atoms with van der Waals surface area (Å²) in [6.07, 6.45) is 5.42. The van der Waals surface area contributed by atoms with Crippen molar-refractivity contribution < 1.29 is 14.5 Å². The number of ether oxygens (including phenoxy) is 1. The lowest BCUT2D eigenvalue weighted by Gasteiger charge is -2.70. The van der Waals surface area contributed by atoms with Crippen molar-refractivity contribution in [2.45, 2.75) is 48.4 Å². The molecule has 4 bridgehead atoms. The van der Waals surface area contributed by atoms with Gasteiger partial charge in [0.2, 0.25) is 0 Å². The maximum atomic E-state index is 6.91. The molecule has 1 saturated heterocycles. The van der Waals surface area contributed by atoms with E-state index in [1.165, 1.54) is 0 Å². The SMILES string of the molecule is COC1(c2ccc(Cl)c(P)c2)OOC12C1CC3CC2CC(Cl)(C3)C1. The highest BCUT2D eigenvalue weighted by Gasteiger charge is 2.78. The fourth-order valence-electron chi connectivity index (χ4n) is 6.09. The van der Waals surface area contributed by atoms with Crippen LogP contribution in [0.3, 0.4) is 0 Å². The standard InChI is InChI=1S/C18H21Cl2O3P/c1-21-18(11-2-3-14(19)15(24)6-11)17(22-23-18)12-4-10-5-13(17)9-16(20,7-10)8-12/h2-3,6,10,12-13H,4-5,7-9,24H2,1H3. The van der Waals surface area contributed by atoms with Crippen LogP contribution in [-0.2, 0) is 20.3 Å². The molecule has 1 aliphatic heterocycles. The molecule has 0 radical (unpaired) electrons. The van der Waals surface area contributed by atoms with Gasteiger partial charge in [-0.2, -0.15) is 4.89 Å². The van der Waals surface area contributed by atoms with Gasteiger partial charge in [0.25, 0.3) is 5.79 Å². The lowest BCUT2D eigenvalue weighted by Crippen LogP contribution is -2.78. The predicted molar refractivity (Wildman–Crippen MR) is 96.5 cm³/mol. The minimum Gasteiger partial charge on any atom is -0.345 e. The van der Waals surface area contributed by atoms with Crippen molar-refractivity contribution in [3.8, 4) is 0 Å². The number of halogens is 2. The summed E-state index contributed by atoms with van der Waals surface area (Å²) in [6.45, 7) is 0. The fourth-order valence-corrected chi connectivity index (χ4v) is 7.08. The molecule has 1 aromatic carbocycles. The van der Waals surface area contributed by atoms with E-state index in [-0.39, 0.29) is 4.87 Å². The van der Waals surface area contributed by atoms with Gasteiger partial charge in [-0.3, -0.25) is 0 Å². The molecule has 0 aromatic heterocycles. The molecule has 0 amide bonds. The summed E-state index contributed by atoms with van der Waals surface area (Å²) < 4.78 is 6.02. The average molecular weight is 387 g/mol. The van der Waals surface area contributed by atoms with Crippen LogP contribution in [0.25, 0.3) is 0 Å². The molecule has 1 heterocycles. The van der Waals surface area contributed by atoms with Crippen molar-refractivity contribution in [3.05, 3.63) is 28.8 Å². The smallest absolute Gasteiger partial charge is 0.260 e. The van der Waals surface area contributed by atoms with Crippen LogP contribution in [0.4, 0.5) is 0 Å². The largest absolute Gasteiger partial charge is 0.345 e. The Bertz CT molecular complexity index is 692. The van der Waals surface area contributed by atoms with Crippen LogP contribution < -0.4 is 5.30 Å². The summed E-state index contributed by atoms with van der Waals surface area (Å²) in [5.74, 6) is 0.600. The van der Waals surface area contributed by atoms with Crippen molar-refractivity contribution in [2.24, 2.45) is 17.8 Å². The Morgan fingerprint density at radius 2 is 1.88 bits per heavy atom. The molecule has 130 valence electrons. The summed E-state index contributed by atoms with van der Waals surface area (Å²) in [6, 6.07) is 5.92. The molecular formula is C18H21Cl2O3P. The lowest BCUT2D eigenvalue weighted by molar-refractivity contribution is -0.645. The van der Waals surface area contributed by atoms with Crippen molar-refractivity contribution in [3.63, 3.8) is 0 Å². The van der Waals surface area contributed by atoms with E-state index in [9.17, 15) is 0 Å². The van der Waals surface area contributed by atoms with Gasteiger partial charge in [-0.15, -0.1) is 20.8 Å². The summed E-state index contributed by atoms with van der Waals surface area (Å²) in [5, 5.41) is 1.66. The van der Waals surface area contributed by atoms with E-state index < -0.39 is 11.4 Å². The van der Waals surface area contributed by atoms with E-state index >= 15 is 0 Å². The van der Waals surface area contributed by atoms with E-state index in [4.69, 9.17) is 37.7 Å². The molecule has 5 aliphatic rings. The van der Waals surface area contributed by atoms with Crippen LogP contribution >= 0.6 is 32.4 Å². The molecule has 4 unspecified atom stereocenters. The molecule has 4 aliphatic carbocycles. The minimum atomic E-state index is -0.862. The summed E-state index contributed by atoms with van der Waals surface area (Å²) in [4.78, 5) is 11.6. The highest BCUT2D eigenvalue weighted by atomic mass is 35.5. The monoisotopic (exact) mass is 386 g/mol. The summed E-state index contributed by atoms with van der Waals surface area (Å²) >= 11 is 13.1. The molecule has 1 spiro atoms. The molecule has 5 fully saturated rings.